The molecule has 0 fully saturated rings. The van der Waals surface area contributed by atoms with Gasteiger partial charge in [0.15, 0.2) is 0 Å². The average molecular weight is 224 g/mol. The molecule has 1 aromatic carbocycles. The summed E-state index contributed by atoms with van der Waals surface area (Å²) in [6.45, 7) is 4.33. The van der Waals surface area contributed by atoms with E-state index in [0.29, 0.717) is 13.2 Å². The zero-order valence-electron chi connectivity index (χ0n) is 9.93. The summed E-state index contributed by atoms with van der Waals surface area (Å²) in [7, 11) is 0. The number of aliphatic hydroxyl groups is 1. The molecule has 1 atom stereocenters. The minimum absolute atomic E-state index is 0.368. The molecule has 90 valence electrons. The number of benzene rings is 1. The molecule has 3 N–H and O–H groups in total. The van der Waals surface area contributed by atoms with E-state index >= 15 is 0 Å². The van der Waals surface area contributed by atoms with Gasteiger partial charge in [0, 0.05) is 0 Å². The Kier molecular flexibility index (Phi) is 6.61. The Hall–Kier alpha value is -1.06. The molecule has 1 rings (SSSR count). The van der Waals surface area contributed by atoms with Gasteiger partial charge in [0.25, 0.3) is 0 Å². The van der Waals surface area contributed by atoms with Crippen molar-refractivity contribution in [1.82, 2.24) is 0 Å². The highest BCUT2D eigenvalue weighted by atomic mass is 16.5. The third-order valence-corrected chi connectivity index (χ3v) is 2.39. The van der Waals surface area contributed by atoms with E-state index in [1.165, 1.54) is 12.8 Å². The zero-order chi connectivity index (χ0) is 11.6. The van der Waals surface area contributed by atoms with Crippen molar-refractivity contribution >= 4 is 0 Å². The van der Waals surface area contributed by atoms with Crippen molar-refractivity contribution in [2.45, 2.75) is 25.9 Å². The lowest BCUT2D eigenvalue weighted by molar-refractivity contribution is -0.661. The molecule has 0 unspecified atom stereocenters. The molecule has 0 aliphatic rings. The number of nitrogens with two attached hydrogens (primary N) is 1. The van der Waals surface area contributed by atoms with Gasteiger partial charge in [0.1, 0.15) is 25.0 Å². The molecule has 1 aromatic rings. The fraction of sp³-hybridized carbons (Fsp3) is 0.538. The van der Waals surface area contributed by atoms with Crippen molar-refractivity contribution in [2.75, 3.05) is 19.7 Å². The second kappa shape index (κ2) is 8.13. The number of hydrogen-bond acceptors (Lipinski definition) is 2. The van der Waals surface area contributed by atoms with Crippen molar-refractivity contribution in [3.8, 4) is 5.75 Å². The first-order chi connectivity index (χ1) is 7.83. The molecule has 0 aliphatic heterocycles. The Labute approximate surface area is 97.4 Å². The zero-order valence-corrected chi connectivity index (χ0v) is 9.93. The number of rotatable bonds is 8. The molecule has 0 amide bonds. The highest BCUT2D eigenvalue weighted by molar-refractivity contribution is 5.20. The van der Waals surface area contributed by atoms with E-state index < -0.39 is 6.10 Å². The molecular formula is C13H22NO2+. The monoisotopic (exact) mass is 224 g/mol. The summed E-state index contributed by atoms with van der Waals surface area (Å²) in [6.07, 6.45) is 2.01. The van der Waals surface area contributed by atoms with Gasteiger partial charge in [-0.1, -0.05) is 31.5 Å². The van der Waals surface area contributed by atoms with Gasteiger partial charge in [0.05, 0.1) is 6.54 Å². The molecular weight excluding hydrogens is 202 g/mol. The van der Waals surface area contributed by atoms with Crippen molar-refractivity contribution in [2.24, 2.45) is 0 Å². The van der Waals surface area contributed by atoms with Crippen LogP contribution < -0.4 is 10.1 Å². The Morgan fingerprint density at radius 2 is 2.06 bits per heavy atom. The summed E-state index contributed by atoms with van der Waals surface area (Å²) in [5.41, 5.74) is 0. The molecule has 0 aromatic heterocycles. The Bertz CT molecular complexity index is 264. The van der Waals surface area contributed by atoms with Crippen molar-refractivity contribution in [3.05, 3.63) is 30.3 Å². The topological polar surface area (TPSA) is 46.1 Å². The van der Waals surface area contributed by atoms with E-state index in [9.17, 15) is 5.11 Å². The molecule has 3 heteroatoms. The van der Waals surface area contributed by atoms with Gasteiger partial charge in [-0.05, 0) is 18.6 Å². The van der Waals surface area contributed by atoms with Crippen LogP contribution in [-0.4, -0.2) is 30.9 Å². The minimum atomic E-state index is -0.392. The summed E-state index contributed by atoms with van der Waals surface area (Å²) in [4.78, 5) is 0. The number of hydrogen-bond donors (Lipinski definition) is 2. The molecule has 3 nitrogen and oxygen atoms in total. The van der Waals surface area contributed by atoms with Crippen LogP contribution in [0.25, 0.3) is 0 Å². The highest BCUT2D eigenvalue weighted by Crippen LogP contribution is 2.07. The summed E-state index contributed by atoms with van der Waals surface area (Å²) in [5, 5.41) is 11.8. The predicted octanol–water partition coefficient (Wildman–Crippen LogP) is 0.790. The van der Waals surface area contributed by atoms with E-state index in [1.54, 1.807) is 0 Å². The van der Waals surface area contributed by atoms with Gasteiger partial charge >= 0.3 is 0 Å². The minimum Gasteiger partial charge on any atom is -0.491 e. The molecule has 0 spiro atoms. The summed E-state index contributed by atoms with van der Waals surface area (Å²) in [5.74, 6) is 0.815. The lowest BCUT2D eigenvalue weighted by Gasteiger charge is -2.11. The highest BCUT2D eigenvalue weighted by Gasteiger charge is 2.06. The van der Waals surface area contributed by atoms with Crippen LogP contribution in [0.15, 0.2) is 30.3 Å². The molecule has 0 saturated carbocycles. The van der Waals surface area contributed by atoms with Crippen molar-refractivity contribution in [1.29, 1.82) is 0 Å². The largest absolute Gasteiger partial charge is 0.491 e. The Balaban J connectivity index is 2.08. The summed E-state index contributed by atoms with van der Waals surface area (Å²) < 4.78 is 5.45. The normalized spacial score (nSPS) is 12.4. The fourth-order valence-electron chi connectivity index (χ4n) is 1.44. The van der Waals surface area contributed by atoms with Crippen molar-refractivity contribution < 1.29 is 15.2 Å². The predicted molar refractivity (Wildman–Crippen MR) is 64.5 cm³/mol. The van der Waals surface area contributed by atoms with E-state index in [0.717, 1.165) is 12.3 Å². The van der Waals surface area contributed by atoms with Gasteiger partial charge in [-0.3, -0.25) is 0 Å². The molecule has 0 heterocycles. The second-order valence-corrected chi connectivity index (χ2v) is 3.94. The Morgan fingerprint density at radius 3 is 2.75 bits per heavy atom. The maximum absolute atomic E-state index is 9.65. The molecule has 0 radical (unpaired) electrons. The summed E-state index contributed by atoms with van der Waals surface area (Å²) >= 11 is 0. The quantitative estimate of drug-likeness (QED) is 0.641. The van der Waals surface area contributed by atoms with E-state index in [4.69, 9.17) is 4.74 Å². The second-order valence-electron chi connectivity index (χ2n) is 3.94. The van der Waals surface area contributed by atoms with Gasteiger partial charge in [-0.2, -0.15) is 0 Å². The van der Waals surface area contributed by atoms with Crippen LogP contribution in [0.5, 0.6) is 5.75 Å². The number of unbranched alkanes of at least 4 members (excludes halogenated alkanes) is 1. The van der Waals surface area contributed by atoms with E-state index in [1.807, 2.05) is 30.3 Å². The fourth-order valence-corrected chi connectivity index (χ4v) is 1.44. The lowest BCUT2D eigenvalue weighted by Crippen LogP contribution is -2.86. The van der Waals surface area contributed by atoms with Gasteiger partial charge in [-0.15, -0.1) is 0 Å². The van der Waals surface area contributed by atoms with Crippen LogP contribution in [0.3, 0.4) is 0 Å². The van der Waals surface area contributed by atoms with Crippen LogP contribution in [0.2, 0.25) is 0 Å². The average Bonchev–Trinajstić information content (AvgIpc) is 2.33. The molecule has 0 bridgehead atoms. The van der Waals surface area contributed by atoms with Gasteiger partial charge in [0.2, 0.25) is 0 Å². The SMILES string of the molecule is CCCC[NH2+]C[C@@H](O)COc1ccccc1. The first-order valence-corrected chi connectivity index (χ1v) is 6.00. The van der Waals surface area contributed by atoms with Gasteiger partial charge < -0.3 is 15.2 Å². The third kappa shape index (κ3) is 5.73. The maximum Gasteiger partial charge on any atom is 0.137 e. The van der Waals surface area contributed by atoms with E-state index in [2.05, 4.69) is 12.2 Å². The maximum atomic E-state index is 9.65. The standard InChI is InChI=1S/C13H21NO2/c1-2-3-9-14-10-12(15)11-16-13-7-5-4-6-8-13/h4-8,12,14-15H,2-3,9-11H2,1H3/p+1/t12-/m1/s1. The number of para-hydroxylation sites is 1. The third-order valence-electron chi connectivity index (χ3n) is 2.39. The van der Waals surface area contributed by atoms with Crippen LogP contribution in [0, 0.1) is 0 Å². The van der Waals surface area contributed by atoms with E-state index in [-0.39, 0.29) is 0 Å². The summed E-state index contributed by atoms with van der Waals surface area (Å²) in [6, 6.07) is 9.59. The lowest BCUT2D eigenvalue weighted by atomic mass is 10.3. The van der Waals surface area contributed by atoms with Crippen LogP contribution in [0.4, 0.5) is 0 Å². The molecule has 0 saturated heterocycles. The van der Waals surface area contributed by atoms with Crippen LogP contribution in [0.1, 0.15) is 19.8 Å². The number of quaternary nitrogens is 1. The molecule has 0 aliphatic carbocycles. The Morgan fingerprint density at radius 1 is 1.31 bits per heavy atom. The van der Waals surface area contributed by atoms with Crippen LogP contribution >= 0.6 is 0 Å². The smallest absolute Gasteiger partial charge is 0.137 e. The first kappa shape index (κ1) is 13.0. The number of ether oxygens (including phenoxy) is 1. The van der Waals surface area contributed by atoms with Crippen LogP contribution in [-0.2, 0) is 0 Å². The van der Waals surface area contributed by atoms with Crippen molar-refractivity contribution in [3.63, 3.8) is 0 Å². The molecule has 16 heavy (non-hydrogen) atoms. The first-order valence-electron chi connectivity index (χ1n) is 6.00. The number of aliphatic hydroxyl groups excluding tert-OH is 1. The van der Waals surface area contributed by atoms with Gasteiger partial charge in [-0.25, -0.2) is 0 Å².